The quantitative estimate of drug-likeness (QED) is 0.565. The van der Waals surface area contributed by atoms with Crippen molar-refractivity contribution in [2.75, 3.05) is 12.0 Å². The van der Waals surface area contributed by atoms with Gasteiger partial charge in [-0.3, -0.25) is 9.59 Å². The van der Waals surface area contributed by atoms with E-state index >= 15 is 0 Å². The molecule has 1 aliphatic carbocycles. The number of ether oxygens (including phenoxy) is 1. The van der Waals surface area contributed by atoms with Gasteiger partial charge in [0.05, 0.1) is 12.5 Å². The van der Waals surface area contributed by atoms with E-state index in [1.54, 1.807) is 13.2 Å². The average molecular weight is 420 g/mol. The number of aromatic nitrogens is 2. The summed E-state index contributed by atoms with van der Waals surface area (Å²) in [5.41, 5.74) is 0.962. The summed E-state index contributed by atoms with van der Waals surface area (Å²) in [6.45, 7) is 6.62. The van der Waals surface area contributed by atoms with Gasteiger partial charge in [-0.2, -0.15) is 5.10 Å². The van der Waals surface area contributed by atoms with Gasteiger partial charge in [-0.1, -0.05) is 32.0 Å². The predicted molar refractivity (Wildman–Crippen MR) is 123 cm³/mol. The molecule has 6 nitrogen and oxygen atoms in total. The molecule has 1 unspecified atom stereocenters. The smallest absolute Gasteiger partial charge is 0.279 e. The Balaban J connectivity index is 1.86. The summed E-state index contributed by atoms with van der Waals surface area (Å²) in [6.07, 6.45) is 2.23. The number of hydrogen-bond donors (Lipinski definition) is 0. The SMILES string of the molecule is COc1ccc(N(C(=O)c2nn(CC(C)C)c(=O)c3ccccc23)C(C)C2CC2)cc1. The number of fused-ring (bicyclic) bond motifs is 1. The molecule has 162 valence electrons. The molecule has 1 aromatic heterocycles. The second kappa shape index (κ2) is 8.53. The van der Waals surface area contributed by atoms with Gasteiger partial charge in [0.25, 0.3) is 11.5 Å². The van der Waals surface area contributed by atoms with Gasteiger partial charge in [0.1, 0.15) is 5.75 Å². The maximum Gasteiger partial charge on any atom is 0.279 e. The van der Waals surface area contributed by atoms with Gasteiger partial charge < -0.3 is 9.64 Å². The van der Waals surface area contributed by atoms with Crippen LogP contribution in [0.5, 0.6) is 5.75 Å². The van der Waals surface area contributed by atoms with Gasteiger partial charge in [0.2, 0.25) is 0 Å². The minimum absolute atomic E-state index is 0.0342. The summed E-state index contributed by atoms with van der Waals surface area (Å²) in [4.78, 5) is 28.7. The number of methoxy groups -OCH3 is 1. The summed E-state index contributed by atoms with van der Waals surface area (Å²) in [7, 11) is 1.62. The first-order valence-electron chi connectivity index (χ1n) is 10.9. The van der Waals surface area contributed by atoms with Crippen LogP contribution in [0.3, 0.4) is 0 Å². The summed E-state index contributed by atoms with van der Waals surface area (Å²) in [6, 6.07) is 14.8. The highest BCUT2D eigenvalue weighted by Crippen LogP contribution is 2.38. The zero-order chi connectivity index (χ0) is 22.1. The number of nitrogens with zero attached hydrogens (tertiary/aromatic N) is 3. The standard InChI is InChI=1S/C25H29N3O3/c1-16(2)15-27-24(29)22-8-6-5-7-21(22)23(26-27)25(30)28(17(3)18-9-10-18)19-11-13-20(31-4)14-12-19/h5-8,11-14,16-18H,9-10,15H2,1-4H3. The monoisotopic (exact) mass is 419 g/mol. The van der Waals surface area contributed by atoms with Gasteiger partial charge >= 0.3 is 0 Å². The van der Waals surface area contributed by atoms with Gasteiger partial charge in [-0.05, 0) is 61.9 Å². The molecule has 1 heterocycles. The lowest BCUT2D eigenvalue weighted by atomic mass is 10.1. The third kappa shape index (κ3) is 4.20. The first-order chi connectivity index (χ1) is 14.9. The van der Waals surface area contributed by atoms with E-state index in [1.807, 2.05) is 61.2 Å². The molecule has 31 heavy (non-hydrogen) atoms. The summed E-state index contributed by atoms with van der Waals surface area (Å²) in [5.74, 6) is 1.26. The van der Waals surface area contributed by atoms with Crippen LogP contribution in [0, 0.1) is 11.8 Å². The maximum atomic E-state index is 14.0. The molecule has 1 atom stereocenters. The molecular weight excluding hydrogens is 390 g/mol. The van der Waals surface area contributed by atoms with Gasteiger partial charge in [0.15, 0.2) is 5.69 Å². The molecule has 0 spiro atoms. The van der Waals surface area contributed by atoms with Crippen LogP contribution in [0.4, 0.5) is 5.69 Å². The van der Waals surface area contributed by atoms with E-state index in [0.29, 0.717) is 28.9 Å². The van der Waals surface area contributed by atoms with Crippen LogP contribution in [-0.2, 0) is 6.54 Å². The lowest BCUT2D eigenvalue weighted by molar-refractivity contribution is 0.0970. The van der Waals surface area contributed by atoms with Crippen LogP contribution < -0.4 is 15.2 Å². The van der Waals surface area contributed by atoms with Gasteiger partial charge in [-0.25, -0.2) is 4.68 Å². The van der Waals surface area contributed by atoms with Crippen molar-refractivity contribution < 1.29 is 9.53 Å². The number of amides is 1. The number of rotatable bonds is 7. The van der Waals surface area contributed by atoms with Crippen molar-refractivity contribution in [2.24, 2.45) is 11.8 Å². The van der Waals surface area contributed by atoms with E-state index in [2.05, 4.69) is 12.0 Å². The van der Waals surface area contributed by atoms with E-state index in [9.17, 15) is 9.59 Å². The Kier molecular flexibility index (Phi) is 5.81. The van der Waals surface area contributed by atoms with Gasteiger partial charge in [0, 0.05) is 23.7 Å². The Bertz CT molecular complexity index is 1150. The fourth-order valence-electron chi connectivity index (χ4n) is 4.05. The van der Waals surface area contributed by atoms with Crippen molar-refractivity contribution in [1.82, 2.24) is 9.78 Å². The van der Waals surface area contributed by atoms with Crippen molar-refractivity contribution in [2.45, 2.75) is 46.2 Å². The average Bonchev–Trinajstić information content (AvgIpc) is 3.61. The highest BCUT2D eigenvalue weighted by molar-refractivity contribution is 6.12. The largest absolute Gasteiger partial charge is 0.497 e. The molecule has 6 heteroatoms. The number of carbonyl (C=O) groups excluding carboxylic acids is 1. The Hall–Kier alpha value is -3.15. The Labute approximate surface area is 182 Å². The summed E-state index contributed by atoms with van der Waals surface area (Å²) < 4.78 is 6.72. The number of hydrogen-bond acceptors (Lipinski definition) is 4. The van der Waals surface area contributed by atoms with Crippen molar-refractivity contribution in [1.29, 1.82) is 0 Å². The van der Waals surface area contributed by atoms with Crippen LogP contribution in [-0.4, -0.2) is 28.8 Å². The minimum atomic E-state index is -0.182. The summed E-state index contributed by atoms with van der Waals surface area (Å²) in [5, 5.41) is 5.69. The second-order valence-electron chi connectivity index (χ2n) is 8.73. The molecule has 1 saturated carbocycles. The topological polar surface area (TPSA) is 64.4 Å². The molecule has 2 aromatic carbocycles. The molecule has 0 bridgehead atoms. The van der Waals surface area contributed by atoms with E-state index in [1.165, 1.54) is 4.68 Å². The molecule has 1 amide bonds. The number of anilines is 1. The van der Waals surface area contributed by atoms with Crippen LogP contribution in [0.15, 0.2) is 53.3 Å². The Morgan fingerprint density at radius 1 is 1.10 bits per heavy atom. The van der Waals surface area contributed by atoms with Crippen LogP contribution in [0.2, 0.25) is 0 Å². The van der Waals surface area contributed by atoms with Crippen molar-refractivity contribution in [3.63, 3.8) is 0 Å². The van der Waals surface area contributed by atoms with Crippen molar-refractivity contribution >= 4 is 22.4 Å². The lowest BCUT2D eigenvalue weighted by Crippen LogP contribution is -2.41. The van der Waals surface area contributed by atoms with Crippen LogP contribution >= 0.6 is 0 Å². The molecule has 1 aliphatic rings. The van der Waals surface area contributed by atoms with Crippen molar-refractivity contribution in [3.05, 3.63) is 64.6 Å². The van der Waals surface area contributed by atoms with E-state index in [0.717, 1.165) is 24.3 Å². The van der Waals surface area contributed by atoms with Gasteiger partial charge in [-0.15, -0.1) is 0 Å². The summed E-state index contributed by atoms with van der Waals surface area (Å²) >= 11 is 0. The minimum Gasteiger partial charge on any atom is -0.497 e. The molecule has 0 saturated heterocycles. The second-order valence-corrected chi connectivity index (χ2v) is 8.73. The van der Waals surface area contributed by atoms with E-state index < -0.39 is 0 Å². The predicted octanol–water partition coefficient (Wildman–Crippen LogP) is 4.51. The fourth-order valence-corrected chi connectivity index (χ4v) is 4.05. The fraction of sp³-hybridized carbons (Fsp3) is 0.400. The van der Waals surface area contributed by atoms with Crippen molar-refractivity contribution in [3.8, 4) is 5.75 Å². The van der Waals surface area contributed by atoms with Crippen LogP contribution in [0.25, 0.3) is 10.8 Å². The third-order valence-corrected chi connectivity index (χ3v) is 5.89. The maximum absolute atomic E-state index is 14.0. The normalized spacial score (nSPS) is 14.6. The van der Waals surface area contributed by atoms with Crippen LogP contribution in [0.1, 0.15) is 44.1 Å². The lowest BCUT2D eigenvalue weighted by Gasteiger charge is -2.30. The highest BCUT2D eigenvalue weighted by atomic mass is 16.5. The third-order valence-electron chi connectivity index (χ3n) is 5.89. The molecule has 0 radical (unpaired) electrons. The number of benzene rings is 2. The molecule has 4 rings (SSSR count). The molecule has 0 N–H and O–H groups in total. The molecule has 3 aromatic rings. The Morgan fingerprint density at radius 2 is 1.74 bits per heavy atom. The highest BCUT2D eigenvalue weighted by Gasteiger charge is 2.36. The first-order valence-corrected chi connectivity index (χ1v) is 10.9. The molecule has 0 aliphatic heterocycles. The number of carbonyl (C=O) groups is 1. The molecular formula is C25H29N3O3. The zero-order valence-electron chi connectivity index (χ0n) is 18.5. The van der Waals surface area contributed by atoms with E-state index in [-0.39, 0.29) is 23.4 Å². The Morgan fingerprint density at radius 3 is 2.32 bits per heavy atom. The van der Waals surface area contributed by atoms with E-state index in [4.69, 9.17) is 4.74 Å². The first kappa shape index (κ1) is 21.1. The zero-order valence-corrected chi connectivity index (χ0v) is 18.5. The molecule has 1 fully saturated rings.